The molecular formula is C14H20N4O2. The molecule has 0 radical (unpaired) electrons. The third-order valence-corrected chi connectivity index (χ3v) is 4.08. The van der Waals surface area contributed by atoms with Gasteiger partial charge in [-0.2, -0.15) is 5.10 Å². The van der Waals surface area contributed by atoms with Crippen molar-refractivity contribution in [1.29, 1.82) is 0 Å². The zero-order chi connectivity index (χ0) is 14.3. The summed E-state index contributed by atoms with van der Waals surface area (Å²) >= 11 is 0. The zero-order valence-corrected chi connectivity index (χ0v) is 11.9. The Balaban J connectivity index is 1.72. The van der Waals surface area contributed by atoms with Crippen LogP contribution in [0, 0.1) is 5.92 Å². The fourth-order valence-corrected chi connectivity index (χ4v) is 2.87. The van der Waals surface area contributed by atoms with Crippen molar-refractivity contribution in [1.82, 2.24) is 20.0 Å². The van der Waals surface area contributed by atoms with Crippen molar-refractivity contribution >= 4 is 11.8 Å². The van der Waals surface area contributed by atoms with Gasteiger partial charge in [0.1, 0.15) is 12.1 Å². The van der Waals surface area contributed by atoms with E-state index >= 15 is 0 Å². The molecule has 0 aromatic carbocycles. The number of aromatic nitrogens is 2. The van der Waals surface area contributed by atoms with Gasteiger partial charge >= 0.3 is 0 Å². The average Bonchev–Trinajstić information content (AvgIpc) is 3.14. The quantitative estimate of drug-likeness (QED) is 0.847. The topological polar surface area (TPSA) is 67.2 Å². The molecule has 2 heterocycles. The number of carbonyl (C=O) groups excluding carboxylic acids is 2. The number of aryl methyl sites for hydroxylation is 1. The zero-order valence-electron chi connectivity index (χ0n) is 11.9. The first-order valence-corrected chi connectivity index (χ1v) is 7.14. The van der Waals surface area contributed by atoms with Crippen molar-refractivity contribution in [3.63, 3.8) is 0 Å². The highest BCUT2D eigenvalue weighted by atomic mass is 16.2. The maximum Gasteiger partial charge on any atom is 0.245 e. The molecule has 1 saturated heterocycles. The van der Waals surface area contributed by atoms with Crippen LogP contribution in [0.5, 0.6) is 0 Å². The predicted molar refractivity (Wildman–Crippen MR) is 72.7 cm³/mol. The molecule has 3 rings (SSSR count). The largest absolute Gasteiger partial charge is 0.343 e. The molecule has 108 valence electrons. The van der Waals surface area contributed by atoms with Crippen LogP contribution in [-0.4, -0.2) is 45.1 Å². The molecule has 1 aliphatic heterocycles. The summed E-state index contributed by atoms with van der Waals surface area (Å²) in [7, 11) is 1.87. The maximum atomic E-state index is 12.3. The number of hydrogen-bond donors (Lipinski definition) is 1. The normalized spacial score (nSPS) is 26.8. The van der Waals surface area contributed by atoms with Crippen molar-refractivity contribution in [3.05, 3.63) is 18.0 Å². The molecule has 2 unspecified atom stereocenters. The molecule has 20 heavy (non-hydrogen) atoms. The van der Waals surface area contributed by atoms with Crippen LogP contribution in [0.3, 0.4) is 0 Å². The van der Waals surface area contributed by atoms with Gasteiger partial charge in [0.05, 0.1) is 6.20 Å². The first-order valence-electron chi connectivity index (χ1n) is 7.14. The summed E-state index contributed by atoms with van der Waals surface area (Å²) in [6.45, 7) is 2.34. The first kappa shape index (κ1) is 13.1. The van der Waals surface area contributed by atoms with Crippen molar-refractivity contribution in [2.45, 2.75) is 38.3 Å². The molecule has 0 spiro atoms. The Morgan fingerprint density at radius 1 is 1.40 bits per heavy atom. The van der Waals surface area contributed by atoms with Gasteiger partial charge in [-0.15, -0.1) is 0 Å². The van der Waals surface area contributed by atoms with Gasteiger partial charge in [0.2, 0.25) is 11.8 Å². The lowest BCUT2D eigenvalue weighted by Gasteiger charge is -2.38. The number of rotatable bonds is 4. The fourth-order valence-electron chi connectivity index (χ4n) is 2.87. The van der Waals surface area contributed by atoms with Crippen LogP contribution >= 0.6 is 0 Å². The minimum absolute atomic E-state index is 0.00536. The second-order valence-corrected chi connectivity index (χ2v) is 5.82. The van der Waals surface area contributed by atoms with Gasteiger partial charge in [0.25, 0.3) is 0 Å². The van der Waals surface area contributed by atoms with E-state index in [1.165, 1.54) is 0 Å². The average molecular weight is 276 g/mol. The van der Waals surface area contributed by atoms with Gasteiger partial charge in [0, 0.05) is 19.8 Å². The molecule has 1 aliphatic carbocycles. The lowest BCUT2D eigenvalue weighted by atomic mass is 10.0. The summed E-state index contributed by atoms with van der Waals surface area (Å²) in [6, 6.07) is -0.679. The summed E-state index contributed by atoms with van der Waals surface area (Å²) in [4.78, 5) is 26.2. The van der Waals surface area contributed by atoms with E-state index < -0.39 is 6.04 Å². The maximum absolute atomic E-state index is 12.3. The standard InChI is InChI=1S/C14H20N4O2/c1-9-14(20)18(6-5-10-7-15-17(2)8-10)12(11-3-4-11)13(19)16-9/h7-9,11-12H,3-6H2,1-2H3,(H,16,19). The SMILES string of the molecule is CC1NC(=O)C(C2CC2)N(CCc2cnn(C)c2)C1=O. The van der Waals surface area contributed by atoms with Crippen LogP contribution in [0.1, 0.15) is 25.3 Å². The van der Waals surface area contributed by atoms with Crippen LogP contribution in [0.25, 0.3) is 0 Å². The third kappa shape index (κ3) is 2.42. The first-order chi connectivity index (χ1) is 9.56. The highest BCUT2D eigenvalue weighted by Crippen LogP contribution is 2.37. The molecule has 1 N–H and O–H groups in total. The Morgan fingerprint density at radius 3 is 2.75 bits per heavy atom. The van der Waals surface area contributed by atoms with Gasteiger partial charge < -0.3 is 10.2 Å². The lowest BCUT2D eigenvalue weighted by Crippen LogP contribution is -2.63. The van der Waals surface area contributed by atoms with Crippen LogP contribution in [0.4, 0.5) is 0 Å². The smallest absolute Gasteiger partial charge is 0.245 e. The van der Waals surface area contributed by atoms with E-state index in [2.05, 4.69) is 10.4 Å². The van der Waals surface area contributed by atoms with Gasteiger partial charge in [-0.25, -0.2) is 0 Å². The molecule has 0 bridgehead atoms. The van der Waals surface area contributed by atoms with E-state index in [1.807, 2.05) is 19.4 Å². The van der Waals surface area contributed by atoms with Gasteiger partial charge in [-0.3, -0.25) is 14.3 Å². The van der Waals surface area contributed by atoms with Gasteiger partial charge in [-0.05, 0) is 37.7 Å². The number of amides is 2. The van der Waals surface area contributed by atoms with E-state index in [0.29, 0.717) is 12.5 Å². The van der Waals surface area contributed by atoms with E-state index in [9.17, 15) is 9.59 Å². The minimum Gasteiger partial charge on any atom is -0.343 e. The molecule has 1 aromatic heterocycles. The van der Waals surface area contributed by atoms with E-state index in [1.54, 1.807) is 16.5 Å². The van der Waals surface area contributed by atoms with Crippen LogP contribution in [-0.2, 0) is 23.1 Å². The van der Waals surface area contributed by atoms with Crippen molar-refractivity contribution < 1.29 is 9.59 Å². The summed E-state index contributed by atoms with van der Waals surface area (Å²) in [5.41, 5.74) is 1.09. The number of carbonyl (C=O) groups is 2. The number of nitrogens with one attached hydrogen (secondary N) is 1. The Hall–Kier alpha value is -1.85. The molecule has 2 atom stereocenters. The van der Waals surface area contributed by atoms with Crippen LogP contribution in [0.15, 0.2) is 12.4 Å². The van der Waals surface area contributed by atoms with Crippen LogP contribution < -0.4 is 5.32 Å². The second-order valence-electron chi connectivity index (χ2n) is 5.82. The highest BCUT2D eigenvalue weighted by molar-refractivity contribution is 5.97. The number of piperazine rings is 1. The van der Waals surface area contributed by atoms with Crippen molar-refractivity contribution in [2.75, 3.05) is 6.54 Å². The fraction of sp³-hybridized carbons (Fsp3) is 0.643. The summed E-state index contributed by atoms with van der Waals surface area (Å²) in [6.07, 6.45) is 6.59. The Morgan fingerprint density at radius 2 is 2.15 bits per heavy atom. The summed E-state index contributed by atoms with van der Waals surface area (Å²) < 4.78 is 1.75. The van der Waals surface area contributed by atoms with E-state index in [4.69, 9.17) is 0 Å². The molecule has 1 saturated carbocycles. The Kier molecular flexibility index (Phi) is 3.23. The Bertz CT molecular complexity index is 535. The molecule has 6 nitrogen and oxygen atoms in total. The van der Waals surface area contributed by atoms with Crippen LogP contribution in [0.2, 0.25) is 0 Å². The van der Waals surface area contributed by atoms with E-state index in [0.717, 1.165) is 24.8 Å². The molecule has 2 fully saturated rings. The van der Waals surface area contributed by atoms with Crippen molar-refractivity contribution in [2.24, 2.45) is 13.0 Å². The molecule has 1 aromatic rings. The van der Waals surface area contributed by atoms with Gasteiger partial charge in [0.15, 0.2) is 0 Å². The third-order valence-electron chi connectivity index (χ3n) is 4.08. The lowest BCUT2D eigenvalue weighted by molar-refractivity contribution is -0.149. The second kappa shape index (κ2) is 4.92. The predicted octanol–water partition coefficient (Wildman–Crippen LogP) is 0.0881. The monoisotopic (exact) mass is 276 g/mol. The molecule has 6 heteroatoms. The molecule has 2 amide bonds. The molecule has 2 aliphatic rings. The molecular weight excluding hydrogens is 256 g/mol. The summed E-state index contributed by atoms with van der Waals surface area (Å²) in [5, 5.41) is 6.92. The van der Waals surface area contributed by atoms with Crippen molar-refractivity contribution in [3.8, 4) is 0 Å². The highest BCUT2D eigenvalue weighted by Gasteiger charge is 2.46. The van der Waals surface area contributed by atoms with Gasteiger partial charge in [-0.1, -0.05) is 0 Å². The minimum atomic E-state index is -0.411. The number of hydrogen-bond acceptors (Lipinski definition) is 3. The Labute approximate surface area is 118 Å². The van der Waals surface area contributed by atoms with E-state index in [-0.39, 0.29) is 17.9 Å². The number of nitrogens with zero attached hydrogens (tertiary/aromatic N) is 3. The summed E-state index contributed by atoms with van der Waals surface area (Å²) in [5.74, 6) is 0.386.